The molecule has 3 rings (SSSR count). The second-order valence-electron chi connectivity index (χ2n) is 9.41. The predicted molar refractivity (Wildman–Crippen MR) is 123 cm³/mol. The molecule has 4 heteroatoms. The van der Waals surface area contributed by atoms with Crippen LogP contribution >= 0.6 is 0 Å². The van der Waals surface area contributed by atoms with Gasteiger partial charge in [0.1, 0.15) is 6.17 Å². The zero-order chi connectivity index (χ0) is 20.9. The summed E-state index contributed by atoms with van der Waals surface area (Å²) >= 11 is 0. The highest BCUT2D eigenvalue weighted by molar-refractivity contribution is 6.99. The summed E-state index contributed by atoms with van der Waals surface area (Å²) in [6.07, 6.45) is 2.62. The van der Waals surface area contributed by atoms with Crippen molar-refractivity contribution in [2.24, 2.45) is 0 Å². The minimum atomic E-state index is -2.65. The third kappa shape index (κ3) is 4.99. The average molecular weight is 414 g/mol. The molecule has 0 bridgehead atoms. The van der Waals surface area contributed by atoms with Gasteiger partial charge in [-0.25, -0.2) is 4.39 Å². The molecular weight excluding hydrogens is 377 g/mol. The van der Waals surface area contributed by atoms with Crippen LogP contribution in [0.5, 0.6) is 0 Å². The molecule has 0 aromatic heterocycles. The van der Waals surface area contributed by atoms with Crippen molar-refractivity contribution in [3.8, 4) is 0 Å². The van der Waals surface area contributed by atoms with Gasteiger partial charge in [-0.2, -0.15) is 0 Å². The molecule has 2 atom stereocenters. The highest BCUT2D eigenvalue weighted by atomic mass is 28.4. The second-order valence-corrected chi connectivity index (χ2v) is 13.7. The van der Waals surface area contributed by atoms with Crippen LogP contribution in [0.4, 0.5) is 4.39 Å². The molecule has 2 aromatic rings. The third-order valence-electron chi connectivity index (χ3n) is 6.27. The largest absolute Gasteiger partial charge is 0.404 e. The van der Waals surface area contributed by atoms with Gasteiger partial charge in [-0.05, 0) is 41.7 Å². The SMILES string of the molecule is CC1CCCCN1CC(F)CO[Si](c1ccccc1)(c1ccccc1)C(C)(C)C. The second kappa shape index (κ2) is 9.54. The maximum atomic E-state index is 15.2. The number of rotatable bonds is 7. The Bertz CT molecular complexity index is 707. The Labute approximate surface area is 177 Å². The van der Waals surface area contributed by atoms with Crippen LogP contribution in [0.3, 0.4) is 0 Å². The van der Waals surface area contributed by atoms with E-state index in [-0.39, 0.29) is 11.6 Å². The number of piperidine rings is 1. The maximum absolute atomic E-state index is 15.2. The van der Waals surface area contributed by atoms with E-state index in [1.807, 2.05) is 12.1 Å². The fraction of sp³-hybridized carbons (Fsp3) is 0.520. The summed E-state index contributed by atoms with van der Waals surface area (Å²) in [6.45, 7) is 10.5. The molecule has 0 aliphatic carbocycles. The van der Waals surface area contributed by atoms with E-state index in [9.17, 15) is 0 Å². The van der Waals surface area contributed by atoms with E-state index < -0.39 is 14.5 Å². The van der Waals surface area contributed by atoms with E-state index in [1.54, 1.807) is 0 Å². The van der Waals surface area contributed by atoms with E-state index in [1.165, 1.54) is 29.6 Å². The van der Waals surface area contributed by atoms with Crippen molar-refractivity contribution >= 4 is 18.7 Å². The standard InChI is InChI=1S/C25H36FNOSi/c1-21-13-11-12-18-27(21)19-22(26)20-28-29(25(2,3)4,23-14-7-5-8-15-23)24-16-9-6-10-17-24/h5-10,14-17,21-22H,11-13,18-20H2,1-4H3. The molecule has 0 saturated carbocycles. The quantitative estimate of drug-likeness (QED) is 0.606. The summed E-state index contributed by atoms with van der Waals surface area (Å²) in [4.78, 5) is 2.29. The first-order chi connectivity index (χ1) is 13.8. The van der Waals surface area contributed by atoms with E-state index >= 15 is 4.39 Å². The van der Waals surface area contributed by atoms with Gasteiger partial charge in [0.05, 0.1) is 6.61 Å². The minimum Gasteiger partial charge on any atom is -0.404 e. The zero-order valence-corrected chi connectivity index (χ0v) is 19.4. The van der Waals surface area contributed by atoms with Crippen molar-refractivity contribution in [2.45, 2.75) is 64.2 Å². The molecule has 2 aromatic carbocycles. The Hall–Kier alpha value is -1.49. The highest BCUT2D eigenvalue weighted by Crippen LogP contribution is 2.37. The molecular formula is C25H36FNOSi. The van der Waals surface area contributed by atoms with Gasteiger partial charge in [-0.15, -0.1) is 0 Å². The van der Waals surface area contributed by atoms with Gasteiger partial charge in [-0.1, -0.05) is 87.9 Å². The van der Waals surface area contributed by atoms with Crippen molar-refractivity contribution in [2.75, 3.05) is 19.7 Å². The molecule has 0 spiro atoms. The molecule has 2 nitrogen and oxygen atoms in total. The summed E-state index contributed by atoms with van der Waals surface area (Å²) in [5.74, 6) is 0. The van der Waals surface area contributed by atoms with Crippen LogP contribution in [-0.2, 0) is 4.43 Å². The molecule has 1 aliphatic rings. The van der Waals surface area contributed by atoms with E-state index in [4.69, 9.17) is 4.43 Å². The van der Waals surface area contributed by atoms with Crippen molar-refractivity contribution in [1.82, 2.24) is 4.90 Å². The predicted octanol–water partition coefficient (Wildman–Crippen LogP) is 4.78. The van der Waals surface area contributed by atoms with Gasteiger partial charge in [0, 0.05) is 12.6 Å². The normalized spacial score (nSPS) is 19.8. The summed E-state index contributed by atoms with van der Waals surface area (Å²) in [5.41, 5.74) is 0. The van der Waals surface area contributed by atoms with E-state index in [0.29, 0.717) is 12.6 Å². The van der Waals surface area contributed by atoms with Crippen LogP contribution in [0.15, 0.2) is 60.7 Å². The number of likely N-dealkylation sites (tertiary alicyclic amines) is 1. The number of alkyl halides is 1. The first-order valence-electron chi connectivity index (χ1n) is 11.0. The third-order valence-corrected chi connectivity index (χ3v) is 11.3. The van der Waals surface area contributed by atoms with Gasteiger partial charge < -0.3 is 4.43 Å². The Morgan fingerprint density at radius 3 is 2.03 bits per heavy atom. The molecule has 1 aliphatic heterocycles. The Morgan fingerprint density at radius 1 is 1.00 bits per heavy atom. The van der Waals surface area contributed by atoms with E-state index in [0.717, 1.165) is 6.54 Å². The number of nitrogens with zero attached hydrogens (tertiary/aromatic N) is 1. The smallest absolute Gasteiger partial charge is 0.261 e. The van der Waals surface area contributed by atoms with Crippen molar-refractivity contribution in [1.29, 1.82) is 0 Å². The Kier molecular flexibility index (Phi) is 7.31. The number of hydrogen-bond donors (Lipinski definition) is 0. The first kappa shape index (κ1) is 22.2. The maximum Gasteiger partial charge on any atom is 0.261 e. The molecule has 1 saturated heterocycles. The lowest BCUT2D eigenvalue weighted by atomic mass is 10.0. The summed E-state index contributed by atoms with van der Waals surface area (Å²) in [5, 5.41) is 2.29. The zero-order valence-electron chi connectivity index (χ0n) is 18.4. The van der Waals surface area contributed by atoms with Crippen molar-refractivity contribution in [3.63, 3.8) is 0 Å². The van der Waals surface area contributed by atoms with Crippen LogP contribution < -0.4 is 10.4 Å². The molecule has 0 N–H and O–H groups in total. The molecule has 0 radical (unpaired) electrons. The monoisotopic (exact) mass is 413 g/mol. The Morgan fingerprint density at radius 2 is 1.55 bits per heavy atom. The lowest BCUT2D eigenvalue weighted by Crippen LogP contribution is -2.67. The van der Waals surface area contributed by atoms with Crippen molar-refractivity contribution < 1.29 is 8.82 Å². The number of halogens is 1. The van der Waals surface area contributed by atoms with Crippen LogP contribution in [0.1, 0.15) is 47.0 Å². The summed E-state index contributed by atoms with van der Waals surface area (Å²) in [7, 11) is -2.65. The number of benzene rings is 2. The van der Waals surface area contributed by atoms with Gasteiger partial charge in [0.15, 0.2) is 0 Å². The highest BCUT2D eigenvalue weighted by Gasteiger charge is 2.50. The Balaban J connectivity index is 1.87. The summed E-state index contributed by atoms with van der Waals surface area (Å²) < 4.78 is 21.9. The van der Waals surface area contributed by atoms with Crippen LogP contribution in [-0.4, -0.2) is 45.1 Å². The van der Waals surface area contributed by atoms with Gasteiger partial charge in [0.25, 0.3) is 8.32 Å². The molecule has 1 fully saturated rings. The molecule has 2 unspecified atom stereocenters. The fourth-order valence-corrected chi connectivity index (χ4v) is 9.30. The minimum absolute atomic E-state index is 0.117. The summed E-state index contributed by atoms with van der Waals surface area (Å²) in [6, 6.07) is 21.4. The van der Waals surface area contributed by atoms with Gasteiger partial charge in [-0.3, -0.25) is 4.90 Å². The molecule has 1 heterocycles. The van der Waals surface area contributed by atoms with Crippen LogP contribution in [0, 0.1) is 0 Å². The number of hydrogen-bond acceptors (Lipinski definition) is 2. The van der Waals surface area contributed by atoms with Crippen molar-refractivity contribution in [3.05, 3.63) is 60.7 Å². The van der Waals surface area contributed by atoms with E-state index in [2.05, 4.69) is 81.1 Å². The van der Waals surface area contributed by atoms with Gasteiger partial charge in [0.2, 0.25) is 0 Å². The average Bonchev–Trinajstić information content (AvgIpc) is 2.71. The fourth-order valence-electron chi connectivity index (χ4n) is 4.71. The van der Waals surface area contributed by atoms with Crippen LogP contribution in [0.25, 0.3) is 0 Å². The lowest BCUT2D eigenvalue weighted by molar-refractivity contribution is 0.0906. The van der Waals surface area contributed by atoms with Gasteiger partial charge >= 0.3 is 0 Å². The molecule has 0 amide bonds. The topological polar surface area (TPSA) is 12.5 Å². The first-order valence-corrected chi connectivity index (χ1v) is 12.9. The molecule has 29 heavy (non-hydrogen) atoms. The lowest BCUT2D eigenvalue weighted by Gasteiger charge is -2.43. The molecule has 158 valence electrons. The van der Waals surface area contributed by atoms with Crippen LogP contribution in [0.2, 0.25) is 5.04 Å².